The smallest absolute Gasteiger partial charge is 0.325 e. The average molecular weight is 271 g/mol. The summed E-state index contributed by atoms with van der Waals surface area (Å²) < 4.78 is 52.3. The Bertz CT molecular complexity index is 527. The summed E-state index contributed by atoms with van der Waals surface area (Å²) in [5.74, 6) is -0.878. The zero-order chi connectivity index (χ0) is 14.0. The van der Waals surface area contributed by atoms with Crippen LogP contribution in [0.1, 0.15) is 17.7 Å². The van der Waals surface area contributed by atoms with Crippen LogP contribution in [-0.4, -0.2) is 11.2 Å². The molecular weight excluding hydrogens is 260 g/mol. The molecule has 2 nitrogen and oxygen atoms in total. The Morgan fingerprint density at radius 3 is 2.53 bits per heavy atom. The summed E-state index contributed by atoms with van der Waals surface area (Å²) in [4.78, 5) is 3.89. The first kappa shape index (κ1) is 13.7. The SMILES string of the molecule is NCc1ccc(C2=C(C(F)(F)F)[CH]CC=C2F)cn1. The van der Waals surface area contributed by atoms with Crippen molar-refractivity contribution in [1.82, 2.24) is 4.98 Å². The molecule has 1 aromatic heterocycles. The summed E-state index contributed by atoms with van der Waals surface area (Å²) in [6.07, 6.45) is -1.38. The van der Waals surface area contributed by atoms with E-state index in [2.05, 4.69) is 4.98 Å². The zero-order valence-corrected chi connectivity index (χ0v) is 9.84. The summed E-state index contributed by atoms with van der Waals surface area (Å²) in [6, 6.07) is 2.88. The monoisotopic (exact) mass is 271 g/mol. The molecule has 0 aliphatic heterocycles. The van der Waals surface area contributed by atoms with Crippen molar-refractivity contribution in [2.45, 2.75) is 19.1 Å². The molecule has 0 aromatic carbocycles. The molecule has 1 radical (unpaired) electrons. The number of pyridine rings is 1. The highest BCUT2D eigenvalue weighted by atomic mass is 19.4. The number of hydrogen-bond acceptors (Lipinski definition) is 2. The maximum atomic E-state index is 13.7. The van der Waals surface area contributed by atoms with Crippen molar-refractivity contribution in [3.05, 3.63) is 53.5 Å². The predicted octanol–water partition coefficient (Wildman–Crippen LogP) is 3.32. The standard InChI is InChI=1S/C13H11F4N2/c14-11-3-1-2-10(13(15,16)17)12(11)8-4-5-9(6-18)19-7-8/h2-5,7H,1,6,18H2. The molecule has 1 heterocycles. The molecule has 2 N–H and O–H groups in total. The van der Waals surface area contributed by atoms with Crippen molar-refractivity contribution >= 4 is 5.57 Å². The van der Waals surface area contributed by atoms with Crippen LogP contribution < -0.4 is 5.73 Å². The van der Waals surface area contributed by atoms with E-state index >= 15 is 0 Å². The molecule has 1 aliphatic carbocycles. The molecule has 1 aliphatic rings. The van der Waals surface area contributed by atoms with Crippen LogP contribution in [-0.2, 0) is 6.54 Å². The van der Waals surface area contributed by atoms with Gasteiger partial charge in [-0.2, -0.15) is 13.2 Å². The first-order valence-corrected chi connectivity index (χ1v) is 5.59. The van der Waals surface area contributed by atoms with E-state index in [9.17, 15) is 17.6 Å². The summed E-state index contributed by atoms with van der Waals surface area (Å²) in [5.41, 5.74) is 4.55. The van der Waals surface area contributed by atoms with E-state index in [1.807, 2.05) is 0 Å². The van der Waals surface area contributed by atoms with Gasteiger partial charge in [0.2, 0.25) is 0 Å². The van der Waals surface area contributed by atoms with Gasteiger partial charge in [-0.3, -0.25) is 4.98 Å². The van der Waals surface area contributed by atoms with Gasteiger partial charge in [0.05, 0.1) is 5.69 Å². The van der Waals surface area contributed by atoms with Crippen molar-refractivity contribution in [3.63, 3.8) is 0 Å². The quantitative estimate of drug-likeness (QED) is 0.838. The van der Waals surface area contributed by atoms with Gasteiger partial charge in [0.1, 0.15) is 5.83 Å². The average Bonchev–Trinajstić information content (AvgIpc) is 2.37. The number of rotatable bonds is 2. The van der Waals surface area contributed by atoms with Gasteiger partial charge in [-0.25, -0.2) is 4.39 Å². The highest BCUT2D eigenvalue weighted by molar-refractivity contribution is 5.82. The van der Waals surface area contributed by atoms with Crippen LogP contribution in [0.3, 0.4) is 0 Å². The summed E-state index contributed by atoms with van der Waals surface area (Å²) in [5, 5.41) is 0. The van der Waals surface area contributed by atoms with E-state index in [-0.39, 0.29) is 18.5 Å². The van der Waals surface area contributed by atoms with Crippen LogP contribution in [0.15, 0.2) is 35.8 Å². The Balaban J connectivity index is 2.53. The molecular formula is C13H11F4N2. The van der Waals surface area contributed by atoms with Gasteiger partial charge in [-0.1, -0.05) is 6.07 Å². The lowest BCUT2D eigenvalue weighted by molar-refractivity contribution is -0.0895. The second-order valence-corrected chi connectivity index (χ2v) is 4.02. The summed E-state index contributed by atoms with van der Waals surface area (Å²) in [7, 11) is 0. The van der Waals surface area contributed by atoms with E-state index in [1.165, 1.54) is 18.3 Å². The molecule has 0 atom stereocenters. The van der Waals surface area contributed by atoms with Crippen LogP contribution in [0, 0.1) is 6.42 Å². The van der Waals surface area contributed by atoms with E-state index in [0.717, 1.165) is 12.5 Å². The van der Waals surface area contributed by atoms with Gasteiger partial charge < -0.3 is 5.73 Å². The van der Waals surface area contributed by atoms with Crippen LogP contribution in [0.4, 0.5) is 17.6 Å². The Hall–Kier alpha value is -1.69. The van der Waals surface area contributed by atoms with Gasteiger partial charge in [0.25, 0.3) is 0 Å². The number of allylic oxidation sites excluding steroid dienone is 4. The minimum Gasteiger partial charge on any atom is -0.325 e. The van der Waals surface area contributed by atoms with Crippen LogP contribution in [0.25, 0.3) is 5.57 Å². The zero-order valence-electron chi connectivity index (χ0n) is 9.84. The fourth-order valence-electron chi connectivity index (χ4n) is 1.86. The van der Waals surface area contributed by atoms with E-state index in [1.54, 1.807) is 0 Å². The third-order valence-corrected chi connectivity index (χ3v) is 2.76. The lowest BCUT2D eigenvalue weighted by Crippen LogP contribution is -2.17. The highest BCUT2D eigenvalue weighted by Crippen LogP contribution is 2.41. The molecule has 0 amide bonds. The third kappa shape index (κ3) is 2.84. The highest BCUT2D eigenvalue weighted by Gasteiger charge is 2.38. The maximum Gasteiger partial charge on any atom is 0.413 e. The molecule has 0 fully saturated rings. The normalized spacial score (nSPS) is 16.6. The van der Waals surface area contributed by atoms with Crippen LogP contribution in [0.5, 0.6) is 0 Å². The molecule has 0 bridgehead atoms. The van der Waals surface area contributed by atoms with E-state index in [4.69, 9.17) is 5.73 Å². The number of aromatic nitrogens is 1. The Morgan fingerprint density at radius 2 is 2.00 bits per heavy atom. The fourth-order valence-corrected chi connectivity index (χ4v) is 1.86. The maximum absolute atomic E-state index is 13.7. The molecule has 101 valence electrons. The van der Waals surface area contributed by atoms with E-state index in [0.29, 0.717) is 5.69 Å². The Labute approximate surface area is 107 Å². The summed E-state index contributed by atoms with van der Waals surface area (Å²) in [6.45, 7) is 0.176. The first-order valence-electron chi connectivity index (χ1n) is 5.59. The number of nitrogens with zero attached hydrogens (tertiary/aromatic N) is 1. The molecule has 0 saturated carbocycles. The van der Waals surface area contributed by atoms with Crippen molar-refractivity contribution in [2.24, 2.45) is 5.73 Å². The number of hydrogen-bond donors (Lipinski definition) is 1. The van der Waals surface area contributed by atoms with Gasteiger partial charge in [0, 0.05) is 35.9 Å². The fraction of sp³-hybridized carbons (Fsp3) is 0.231. The molecule has 2 rings (SSSR count). The molecule has 0 unspecified atom stereocenters. The van der Waals surface area contributed by atoms with Crippen LogP contribution >= 0.6 is 0 Å². The van der Waals surface area contributed by atoms with Crippen LogP contribution in [0.2, 0.25) is 0 Å². The summed E-state index contributed by atoms with van der Waals surface area (Å²) >= 11 is 0. The van der Waals surface area contributed by atoms with Crippen molar-refractivity contribution in [1.29, 1.82) is 0 Å². The largest absolute Gasteiger partial charge is 0.413 e. The van der Waals surface area contributed by atoms with Gasteiger partial charge in [-0.15, -0.1) is 0 Å². The first-order chi connectivity index (χ1) is 8.93. The minimum absolute atomic E-state index is 0.0709. The van der Waals surface area contributed by atoms with Crippen molar-refractivity contribution in [3.8, 4) is 0 Å². The second kappa shape index (κ2) is 5.13. The van der Waals surface area contributed by atoms with Gasteiger partial charge in [-0.05, 0) is 18.6 Å². The molecule has 0 spiro atoms. The Kier molecular flexibility index (Phi) is 3.71. The number of nitrogens with two attached hydrogens (primary N) is 1. The molecule has 1 aromatic rings. The van der Waals surface area contributed by atoms with Crippen molar-refractivity contribution < 1.29 is 17.6 Å². The molecule has 6 heteroatoms. The lowest BCUT2D eigenvalue weighted by Gasteiger charge is -2.20. The third-order valence-electron chi connectivity index (χ3n) is 2.76. The topological polar surface area (TPSA) is 38.9 Å². The predicted molar refractivity (Wildman–Crippen MR) is 63.2 cm³/mol. The minimum atomic E-state index is -4.59. The molecule has 19 heavy (non-hydrogen) atoms. The lowest BCUT2D eigenvalue weighted by atomic mass is 9.91. The van der Waals surface area contributed by atoms with Crippen molar-refractivity contribution in [2.75, 3.05) is 0 Å². The van der Waals surface area contributed by atoms with Gasteiger partial charge in [0.15, 0.2) is 0 Å². The van der Waals surface area contributed by atoms with Gasteiger partial charge >= 0.3 is 6.18 Å². The molecule has 0 saturated heterocycles. The Morgan fingerprint density at radius 1 is 1.26 bits per heavy atom. The second-order valence-electron chi connectivity index (χ2n) is 4.02. The number of halogens is 4. The van der Waals surface area contributed by atoms with E-state index < -0.39 is 23.1 Å². The number of alkyl halides is 3.